The molecule has 124 valence electrons. The number of aromatic nitrogens is 4. The number of nitrogens with zero attached hydrogens (tertiary/aromatic N) is 4. The van der Waals surface area contributed by atoms with Crippen LogP contribution >= 0.6 is 0 Å². The Balaban J connectivity index is 1.86. The molecule has 1 aliphatic rings. The molecule has 0 aromatic carbocycles. The van der Waals surface area contributed by atoms with E-state index in [0.29, 0.717) is 18.2 Å². The highest BCUT2D eigenvalue weighted by Crippen LogP contribution is 2.34. The third kappa shape index (κ3) is 3.52. The molecule has 5 nitrogen and oxygen atoms in total. The molecule has 23 heavy (non-hydrogen) atoms. The summed E-state index contributed by atoms with van der Waals surface area (Å²) >= 11 is 0. The van der Waals surface area contributed by atoms with Gasteiger partial charge in [-0.05, 0) is 38.4 Å². The molecule has 0 radical (unpaired) electrons. The lowest BCUT2D eigenvalue weighted by Crippen LogP contribution is -2.34. The Morgan fingerprint density at radius 2 is 2.17 bits per heavy atom. The van der Waals surface area contributed by atoms with E-state index in [1.54, 1.807) is 0 Å². The summed E-state index contributed by atoms with van der Waals surface area (Å²) in [6, 6.07) is 2.33. The summed E-state index contributed by atoms with van der Waals surface area (Å²) in [5, 5.41) is 6.98. The highest BCUT2D eigenvalue weighted by atomic mass is 19.4. The highest BCUT2D eigenvalue weighted by Gasteiger charge is 2.35. The van der Waals surface area contributed by atoms with Crippen molar-refractivity contribution in [2.24, 2.45) is 0 Å². The number of hydrogen-bond acceptors (Lipinski definition) is 4. The predicted octanol–water partition coefficient (Wildman–Crippen LogP) is 3.25. The van der Waals surface area contributed by atoms with Gasteiger partial charge >= 0.3 is 6.18 Å². The third-order valence-electron chi connectivity index (χ3n) is 4.07. The topological polar surface area (TPSA) is 57.7 Å². The Morgan fingerprint density at radius 3 is 2.87 bits per heavy atom. The van der Waals surface area contributed by atoms with E-state index in [1.165, 1.54) is 12.3 Å². The van der Waals surface area contributed by atoms with Crippen molar-refractivity contribution in [2.45, 2.75) is 44.9 Å². The molecule has 1 saturated heterocycles. The van der Waals surface area contributed by atoms with E-state index in [0.717, 1.165) is 25.3 Å². The largest absolute Gasteiger partial charge is 0.418 e. The van der Waals surface area contributed by atoms with Gasteiger partial charge in [-0.15, -0.1) is 0 Å². The SMILES string of the molecule is Cc1nc(C2CCCCN2Cc2ncccc2C(F)(F)F)n[nH]1. The maximum absolute atomic E-state index is 13.1. The third-order valence-corrected chi connectivity index (χ3v) is 4.07. The number of pyridine rings is 1. The van der Waals surface area contributed by atoms with Crippen LogP contribution in [0.1, 0.15) is 48.2 Å². The van der Waals surface area contributed by atoms with Crippen molar-refractivity contribution in [2.75, 3.05) is 6.54 Å². The summed E-state index contributed by atoms with van der Waals surface area (Å²) in [5.41, 5.74) is -0.616. The van der Waals surface area contributed by atoms with Crippen LogP contribution in [0.25, 0.3) is 0 Å². The molecular weight excluding hydrogens is 307 g/mol. The second-order valence-corrected chi connectivity index (χ2v) is 5.76. The quantitative estimate of drug-likeness (QED) is 0.941. The Labute approximate surface area is 131 Å². The number of H-pyrrole nitrogens is 1. The minimum Gasteiger partial charge on any atom is -0.287 e. The van der Waals surface area contributed by atoms with Crippen LogP contribution in [0.15, 0.2) is 18.3 Å². The first kappa shape index (κ1) is 15.9. The van der Waals surface area contributed by atoms with Gasteiger partial charge in [-0.25, -0.2) is 4.98 Å². The Kier molecular flexibility index (Phi) is 4.34. The summed E-state index contributed by atoms with van der Waals surface area (Å²) in [5.74, 6) is 1.35. The monoisotopic (exact) mass is 325 g/mol. The second-order valence-electron chi connectivity index (χ2n) is 5.76. The molecule has 1 atom stereocenters. The van der Waals surface area contributed by atoms with Crippen LogP contribution in [0, 0.1) is 6.92 Å². The molecule has 0 spiro atoms. The summed E-state index contributed by atoms with van der Waals surface area (Å²) in [6.07, 6.45) is -0.181. The van der Waals surface area contributed by atoms with Crippen LogP contribution in [0.4, 0.5) is 13.2 Å². The number of piperidine rings is 1. The molecule has 1 unspecified atom stereocenters. The molecule has 3 heterocycles. The van der Waals surface area contributed by atoms with Crippen molar-refractivity contribution >= 4 is 0 Å². The Morgan fingerprint density at radius 1 is 1.35 bits per heavy atom. The molecule has 0 amide bonds. The molecule has 0 bridgehead atoms. The maximum Gasteiger partial charge on any atom is 0.418 e. The molecular formula is C15H18F3N5. The molecule has 2 aromatic rings. The number of hydrogen-bond donors (Lipinski definition) is 1. The lowest BCUT2D eigenvalue weighted by molar-refractivity contribution is -0.138. The smallest absolute Gasteiger partial charge is 0.287 e. The molecule has 2 aromatic heterocycles. The number of alkyl halides is 3. The summed E-state index contributed by atoms with van der Waals surface area (Å²) in [4.78, 5) is 10.3. The van der Waals surface area contributed by atoms with Gasteiger partial charge in [0, 0.05) is 12.7 Å². The van der Waals surface area contributed by atoms with Gasteiger partial charge in [0.2, 0.25) is 0 Å². The van der Waals surface area contributed by atoms with E-state index in [-0.39, 0.29) is 18.3 Å². The summed E-state index contributed by atoms with van der Waals surface area (Å²) in [7, 11) is 0. The van der Waals surface area contributed by atoms with E-state index in [2.05, 4.69) is 20.2 Å². The lowest BCUT2D eigenvalue weighted by Gasteiger charge is -2.34. The first-order valence-electron chi connectivity index (χ1n) is 7.59. The number of halogens is 3. The fraction of sp³-hybridized carbons (Fsp3) is 0.533. The number of nitrogens with one attached hydrogen (secondary N) is 1. The summed E-state index contributed by atoms with van der Waals surface area (Å²) in [6.45, 7) is 2.67. The van der Waals surface area contributed by atoms with Crippen molar-refractivity contribution in [3.63, 3.8) is 0 Å². The van der Waals surface area contributed by atoms with Crippen LogP contribution < -0.4 is 0 Å². The zero-order chi connectivity index (χ0) is 16.4. The van der Waals surface area contributed by atoms with Crippen LogP contribution in [0.2, 0.25) is 0 Å². The van der Waals surface area contributed by atoms with Crippen molar-refractivity contribution in [1.29, 1.82) is 0 Å². The van der Waals surface area contributed by atoms with Crippen LogP contribution in [0.3, 0.4) is 0 Å². The van der Waals surface area contributed by atoms with E-state index in [9.17, 15) is 13.2 Å². The molecule has 1 fully saturated rings. The minimum atomic E-state index is -4.39. The van der Waals surface area contributed by atoms with Gasteiger partial charge in [-0.1, -0.05) is 6.42 Å². The molecule has 1 aliphatic heterocycles. The van der Waals surface area contributed by atoms with Crippen molar-refractivity contribution < 1.29 is 13.2 Å². The van der Waals surface area contributed by atoms with Crippen LogP contribution in [-0.2, 0) is 12.7 Å². The molecule has 3 rings (SSSR count). The average Bonchev–Trinajstić information content (AvgIpc) is 2.94. The Hall–Kier alpha value is -1.96. The fourth-order valence-corrected chi connectivity index (χ4v) is 3.00. The van der Waals surface area contributed by atoms with Gasteiger partial charge in [0.1, 0.15) is 5.82 Å². The molecule has 0 saturated carbocycles. The van der Waals surface area contributed by atoms with E-state index in [4.69, 9.17) is 0 Å². The second kappa shape index (κ2) is 6.27. The maximum atomic E-state index is 13.1. The van der Waals surface area contributed by atoms with Gasteiger partial charge < -0.3 is 0 Å². The number of aryl methyl sites for hydroxylation is 1. The average molecular weight is 325 g/mol. The lowest BCUT2D eigenvalue weighted by atomic mass is 10.0. The van der Waals surface area contributed by atoms with Gasteiger partial charge in [-0.2, -0.15) is 18.3 Å². The Bertz CT molecular complexity index is 667. The van der Waals surface area contributed by atoms with Crippen molar-refractivity contribution in [3.05, 3.63) is 41.2 Å². The number of rotatable bonds is 3. The van der Waals surface area contributed by atoms with Crippen LogP contribution in [0.5, 0.6) is 0 Å². The van der Waals surface area contributed by atoms with Crippen molar-refractivity contribution in [1.82, 2.24) is 25.1 Å². The van der Waals surface area contributed by atoms with E-state index < -0.39 is 11.7 Å². The molecule has 0 aliphatic carbocycles. The van der Waals surface area contributed by atoms with Gasteiger partial charge in [0.25, 0.3) is 0 Å². The van der Waals surface area contributed by atoms with Gasteiger partial charge in [0.15, 0.2) is 5.82 Å². The fourth-order valence-electron chi connectivity index (χ4n) is 3.00. The van der Waals surface area contributed by atoms with E-state index in [1.807, 2.05) is 11.8 Å². The van der Waals surface area contributed by atoms with Gasteiger partial charge in [0.05, 0.1) is 17.3 Å². The van der Waals surface area contributed by atoms with Crippen molar-refractivity contribution in [3.8, 4) is 0 Å². The minimum absolute atomic E-state index is 0.0548. The van der Waals surface area contributed by atoms with Crippen LogP contribution in [-0.4, -0.2) is 31.6 Å². The molecule has 1 N–H and O–H groups in total. The predicted molar refractivity (Wildman–Crippen MR) is 77.4 cm³/mol. The zero-order valence-corrected chi connectivity index (χ0v) is 12.8. The zero-order valence-electron chi connectivity index (χ0n) is 12.8. The molecule has 8 heteroatoms. The van der Waals surface area contributed by atoms with Gasteiger partial charge in [-0.3, -0.25) is 15.0 Å². The first-order valence-corrected chi connectivity index (χ1v) is 7.59. The first-order chi connectivity index (χ1) is 10.9. The highest BCUT2D eigenvalue weighted by molar-refractivity contribution is 5.23. The standard InChI is InChI=1S/C15H18F3N5/c1-10-20-14(22-21-10)13-6-2-3-8-23(13)9-12-11(15(16,17)18)5-4-7-19-12/h4-5,7,13H,2-3,6,8-9H2,1H3,(H,20,21,22). The van der Waals surface area contributed by atoms with E-state index >= 15 is 0 Å². The number of likely N-dealkylation sites (tertiary alicyclic amines) is 1. The normalized spacial score (nSPS) is 19.9. The summed E-state index contributed by atoms with van der Waals surface area (Å²) < 4.78 is 39.4. The number of aromatic amines is 1.